The third-order valence-corrected chi connectivity index (χ3v) is 5.60. The van der Waals surface area contributed by atoms with Crippen LogP contribution in [0.3, 0.4) is 0 Å². The zero-order chi connectivity index (χ0) is 17.2. The van der Waals surface area contributed by atoms with Gasteiger partial charge in [0.15, 0.2) is 0 Å². The molecule has 0 spiro atoms. The van der Waals surface area contributed by atoms with Gasteiger partial charge in [-0.05, 0) is 43.4 Å². The molecule has 1 atom stereocenters. The fourth-order valence-electron chi connectivity index (χ4n) is 3.95. The largest absolute Gasteiger partial charge is 0.335 e. The molecule has 1 aromatic carbocycles. The first-order valence-electron chi connectivity index (χ1n) is 9.19. The number of likely N-dealkylation sites (tertiary alicyclic amines) is 1. The first kappa shape index (κ1) is 16.6. The van der Waals surface area contributed by atoms with Crippen LogP contribution in [0.25, 0.3) is 0 Å². The average molecular weight is 359 g/mol. The van der Waals surface area contributed by atoms with E-state index < -0.39 is 0 Å². The lowest BCUT2D eigenvalue weighted by Crippen LogP contribution is -2.40. The van der Waals surface area contributed by atoms with Crippen LogP contribution < -0.4 is 0 Å². The molecule has 25 heavy (non-hydrogen) atoms. The van der Waals surface area contributed by atoms with Gasteiger partial charge in [-0.2, -0.15) is 0 Å². The number of aryl methyl sites for hydroxylation is 1. The molecule has 0 radical (unpaired) electrons. The summed E-state index contributed by atoms with van der Waals surface area (Å²) in [6.45, 7) is 2.39. The van der Waals surface area contributed by atoms with Crippen LogP contribution in [-0.4, -0.2) is 38.7 Å². The lowest BCUT2D eigenvalue weighted by molar-refractivity contribution is 0.0688. The summed E-state index contributed by atoms with van der Waals surface area (Å²) in [6, 6.07) is 8.00. The summed E-state index contributed by atoms with van der Waals surface area (Å²) in [7, 11) is 0. The Balaban J connectivity index is 1.52. The Morgan fingerprint density at radius 3 is 2.72 bits per heavy atom. The maximum Gasteiger partial charge on any atom is 0.291 e. The lowest BCUT2D eigenvalue weighted by atomic mass is 9.90. The van der Waals surface area contributed by atoms with Crippen LogP contribution in [0.1, 0.15) is 60.0 Å². The van der Waals surface area contributed by atoms with Crippen molar-refractivity contribution in [2.75, 3.05) is 13.1 Å². The topological polar surface area (TPSA) is 51.0 Å². The summed E-state index contributed by atoms with van der Waals surface area (Å²) in [5.74, 6) is 1.88. The molecule has 132 valence electrons. The molecule has 0 aliphatic carbocycles. The van der Waals surface area contributed by atoms with Crippen molar-refractivity contribution in [1.82, 2.24) is 19.7 Å². The number of halogens is 1. The number of amides is 1. The van der Waals surface area contributed by atoms with Crippen LogP contribution >= 0.6 is 11.6 Å². The van der Waals surface area contributed by atoms with Crippen molar-refractivity contribution < 1.29 is 4.79 Å². The van der Waals surface area contributed by atoms with E-state index in [2.05, 4.69) is 22.3 Å². The second kappa shape index (κ2) is 7.16. The van der Waals surface area contributed by atoms with Crippen molar-refractivity contribution in [1.29, 1.82) is 0 Å². The van der Waals surface area contributed by atoms with Crippen molar-refractivity contribution in [2.24, 2.45) is 0 Å². The van der Waals surface area contributed by atoms with Crippen LogP contribution in [0.2, 0.25) is 5.02 Å². The summed E-state index contributed by atoms with van der Waals surface area (Å²) in [4.78, 5) is 15.0. The van der Waals surface area contributed by atoms with Crippen molar-refractivity contribution in [3.05, 3.63) is 46.5 Å². The van der Waals surface area contributed by atoms with Gasteiger partial charge < -0.3 is 9.47 Å². The quantitative estimate of drug-likeness (QED) is 0.822. The smallest absolute Gasteiger partial charge is 0.291 e. The second-order valence-corrected chi connectivity index (χ2v) is 7.48. The molecule has 2 aromatic rings. The van der Waals surface area contributed by atoms with Gasteiger partial charge in [0.2, 0.25) is 5.82 Å². The van der Waals surface area contributed by atoms with Crippen LogP contribution in [0.15, 0.2) is 24.3 Å². The zero-order valence-corrected chi connectivity index (χ0v) is 15.1. The van der Waals surface area contributed by atoms with Gasteiger partial charge in [0.25, 0.3) is 5.91 Å². The first-order chi connectivity index (χ1) is 12.2. The van der Waals surface area contributed by atoms with Crippen molar-refractivity contribution in [3.8, 4) is 0 Å². The number of carbonyl (C=O) groups excluding carboxylic acids is 1. The molecular weight excluding hydrogens is 336 g/mol. The molecule has 1 fully saturated rings. The van der Waals surface area contributed by atoms with E-state index in [1.807, 2.05) is 21.6 Å². The van der Waals surface area contributed by atoms with E-state index >= 15 is 0 Å². The van der Waals surface area contributed by atoms with Crippen molar-refractivity contribution in [2.45, 2.75) is 51.0 Å². The third kappa shape index (κ3) is 3.43. The minimum absolute atomic E-state index is 0.0271. The summed E-state index contributed by atoms with van der Waals surface area (Å²) in [6.07, 6.45) is 6.46. The van der Waals surface area contributed by atoms with Crippen LogP contribution in [0.5, 0.6) is 0 Å². The zero-order valence-electron chi connectivity index (χ0n) is 14.3. The van der Waals surface area contributed by atoms with Crippen molar-refractivity contribution in [3.63, 3.8) is 0 Å². The molecule has 0 saturated carbocycles. The molecule has 4 rings (SSSR count). The Labute approximate surface area is 153 Å². The molecule has 6 heteroatoms. The minimum Gasteiger partial charge on any atom is -0.335 e. The number of fused-ring (bicyclic) bond motifs is 1. The van der Waals surface area contributed by atoms with Crippen LogP contribution in [-0.2, 0) is 13.0 Å². The number of rotatable bonds is 2. The average Bonchev–Trinajstić information content (AvgIpc) is 2.90. The Morgan fingerprint density at radius 2 is 1.88 bits per heavy atom. The third-order valence-electron chi connectivity index (χ3n) is 5.35. The molecule has 1 amide bonds. The highest BCUT2D eigenvalue weighted by Crippen LogP contribution is 2.28. The number of hydrogen-bond donors (Lipinski definition) is 0. The predicted octanol–water partition coefficient (Wildman–Crippen LogP) is 3.68. The summed E-state index contributed by atoms with van der Waals surface area (Å²) in [5, 5.41) is 9.25. The Kier molecular flexibility index (Phi) is 4.75. The molecule has 1 aromatic heterocycles. The lowest BCUT2D eigenvalue weighted by Gasteiger charge is -2.32. The maximum absolute atomic E-state index is 13.1. The van der Waals surface area contributed by atoms with Crippen molar-refractivity contribution >= 4 is 17.5 Å². The van der Waals surface area contributed by atoms with Crippen LogP contribution in [0.4, 0.5) is 0 Å². The number of piperidine rings is 1. The Hall–Kier alpha value is -1.88. The van der Waals surface area contributed by atoms with Gasteiger partial charge >= 0.3 is 0 Å². The summed E-state index contributed by atoms with van der Waals surface area (Å²) >= 11 is 6.00. The first-order valence-corrected chi connectivity index (χ1v) is 9.57. The minimum atomic E-state index is 0.0271. The van der Waals surface area contributed by atoms with Gasteiger partial charge in [0.05, 0.1) is 0 Å². The molecular formula is C19H23ClN4O. The number of carbonyl (C=O) groups is 1. The molecule has 2 aliphatic heterocycles. The van der Waals surface area contributed by atoms with E-state index in [1.165, 1.54) is 12.0 Å². The molecule has 0 N–H and O–H groups in total. The standard InChI is InChI=1S/C19H23ClN4O/c20-16-9-7-14(8-10-16)15-5-4-11-23(13-15)19(25)18-22-21-17-6-2-1-3-12-24(17)18/h7-10,15H,1-6,11-13H2/t15-/m1/s1. The normalized spacial score (nSPS) is 20.8. The molecule has 1 saturated heterocycles. The monoisotopic (exact) mass is 358 g/mol. The highest BCUT2D eigenvalue weighted by molar-refractivity contribution is 6.30. The van der Waals surface area contributed by atoms with E-state index in [9.17, 15) is 4.79 Å². The van der Waals surface area contributed by atoms with Gasteiger partial charge in [0.1, 0.15) is 5.82 Å². The Morgan fingerprint density at radius 1 is 1.04 bits per heavy atom. The fraction of sp³-hybridized carbons (Fsp3) is 0.526. The highest BCUT2D eigenvalue weighted by Gasteiger charge is 2.29. The highest BCUT2D eigenvalue weighted by atomic mass is 35.5. The number of hydrogen-bond acceptors (Lipinski definition) is 3. The summed E-state index contributed by atoms with van der Waals surface area (Å²) < 4.78 is 2.04. The van der Waals surface area contributed by atoms with E-state index in [0.29, 0.717) is 11.7 Å². The fourth-order valence-corrected chi connectivity index (χ4v) is 4.08. The van der Waals surface area contributed by atoms with Crippen LogP contribution in [0, 0.1) is 0 Å². The Bertz CT molecular complexity index is 755. The molecule has 0 bridgehead atoms. The maximum atomic E-state index is 13.1. The van der Waals surface area contributed by atoms with Gasteiger partial charge in [-0.25, -0.2) is 0 Å². The van der Waals surface area contributed by atoms with Gasteiger partial charge in [-0.1, -0.05) is 30.2 Å². The number of aromatic nitrogens is 3. The predicted molar refractivity (Wildman–Crippen MR) is 96.9 cm³/mol. The SMILES string of the molecule is O=C(c1nnc2n1CCCCC2)N1CCC[C@@H](c2ccc(Cl)cc2)C1. The molecule has 3 heterocycles. The molecule has 0 unspecified atom stereocenters. The molecule has 5 nitrogen and oxygen atoms in total. The van der Waals surface area contributed by atoms with E-state index in [1.54, 1.807) is 0 Å². The second-order valence-electron chi connectivity index (χ2n) is 7.04. The van der Waals surface area contributed by atoms with Gasteiger partial charge in [0, 0.05) is 37.0 Å². The molecule has 2 aliphatic rings. The number of benzene rings is 1. The van der Waals surface area contributed by atoms with E-state index in [4.69, 9.17) is 11.6 Å². The van der Waals surface area contributed by atoms with E-state index in [-0.39, 0.29) is 5.91 Å². The number of nitrogens with zero attached hydrogens (tertiary/aromatic N) is 4. The van der Waals surface area contributed by atoms with Gasteiger partial charge in [-0.3, -0.25) is 4.79 Å². The van der Waals surface area contributed by atoms with E-state index in [0.717, 1.165) is 62.6 Å². The summed E-state index contributed by atoms with van der Waals surface area (Å²) in [5.41, 5.74) is 1.25. The van der Waals surface area contributed by atoms with Gasteiger partial charge in [-0.15, -0.1) is 10.2 Å².